The van der Waals surface area contributed by atoms with Gasteiger partial charge in [-0.05, 0) is 129 Å². The summed E-state index contributed by atoms with van der Waals surface area (Å²) in [4.78, 5) is 13.0. The minimum atomic E-state index is -7.66. The molecule has 0 aromatic rings. The Labute approximate surface area is 334 Å². The first kappa shape index (κ1) is 46.9. The summed E-state index contributed by atoms with van der Waals surface area (Å²) in [5.41, 5.74) is -2.36. The third kappa shape index (κ3) is 9.51. The molecule has 19 heteroatoms. The molecule has 57 heavy (non-hydrogen) atoms. The van der Waals surface area contributed by atoms with Gasteiger partial charge in [0.05, 0.1) is 19.8 Å². The van der Waals surface area contributed by atoms with Crippen LogP contribution < -0.4 is 0 Å². The van der Waals surface area contributed by atoms with E-state index in [0.29, 0.717) is 44.9 Å². The van der Waals surface area contributed by atoms with Crippen molar-refractivity contribution in [2.75, 3.05) is 33.0 Å². The van der Waals surface area contributed by atoms with Gasteiger partial charge in [0.2, 0.25) is 19.7 Å². The molecule has 4 atom stereocenters. The SMILES string of the molecule is CC1CC(C)CC(C)(COCC(F)(F)S(=O)(=O)C(S(=O)(=O)C(F)(F)COCC2(C)CC(C)CC(C)C2)S(=O)(=O)C(F)(F)C(=O)OCC23CC4CC(CC(C4)C2)C3)C1. The fraction of sp³-hybridized carbons (Fsp3) is 0.974. The number of ether oxygens (including phenoxy) is 3. The molecule has 332 valence electrons. The second-order valence-electron chi connectivity index (χ2n) is 20.0. The molecule has 6 fully saturated rings. The Morgan fingerprint density at radius 3 is 1.23 bits per heavy atom. The highest BCUT2D eigenvalue weighted by Crippen LogP contribution is 2.60. The van der Waals surface area contributed by atoms with Crippen LogP contribution >= 0.6 is 0 Å². The summed E-state index contributed by atoms with van der Waals surface area (Å²) in [7, 11) is -22.5. The molecule has 0 amide bonds. The predicted molar refractivity (Wildman–Crippen MR) is 199 cm³/mol. The van der Waals surface area contributed by atoms with Crippen LogP contribution in [-0.2, 0) is 48.5 Å². The van der Waals surface area contributed by atoms with Crippen molar-refractivity contribution >= 4 is 35.5 Å². The average molecular weight is 887 g/mol. The maximum Gasteiger partial charge on any atom is 0.442 e. The molecule has 0 aromatic heterocycles. The molecule has 4 unspecified atom stereocenters. The first-order valence-corrected chi connectivity index (χ1v) is 24.7. The molecule has 6 rings (SSSR count). The quantitative estimate of drug-likeness (QED) is 0.104. The molecule has 0 N–H and O–H groups in total. The first-order valence-electron chi connectivity index (χ1n) is 20.0. The molecule has 0 radical (unpaired) electrons. The van der Waals surface area contributed by atoms with Gasteiger partial charge in [0.25, 0.3) is 13.8 Å². The summed E-state index contributed by atoms with van der Waals surface area (Å²) >= 11 is 0. The van der Waals surface area contributed by atoms with E-state index in [4.69, 9.17) is 14.2 Å². The monoisotopic (exact) mass is 886 g/mol. The highest BCUT2D eigenvalue weighted by molar-refractivity contribution is 8.25. The number of sulfone groups is 3. The first-order chi connectivity index (χ1) is 25.9. The summed E-state index contributed by atoms with van der Waals surface area (Å²) in [6.45, 7) is 4.71. The van der Waals surface area contributed by atoms with Crippen LogP contribution in [0.1, 0.15) is 119 Å². The van der Waals surface area contributed by atoms with Crippen LogP contribution in [0.2, 0.25) is 0 Å². The Bertz CT molecular complexity index is 1690. The molecule has 10 nitrogen and oxygen atoms in total. The molecule has 0 heterocycles. The molecule has 0 spiro atoms. The van der Waals surface area contributed by atoms with Crippen molar-refractivity contribution in [1.29, 1.82) is 0 Å². The van der Waals surface area contributed by atoms with Gasteiger partial charge in [-0.1, -0.05) is 41.5 Å². The second kappa shape index (κ2) is 15.9. The maximum absolute atomic E-state index is 15.9. The Hall–Kier alpha value is -1.18. The molecular formula is C38H60F6O10S3. The van der Waals surface area contributed by atoms with E-state index in [-0.39, 0.29) is 41.4 Å². The third-order valence-electron chi connectivity index (χ3n) is 13.3. The summed E-state index contributed by atoms with van der Waals surface area (Å²) in [6, 6.07) is 0. The van der Waals surface area contributed by atoms with E-state index < -0.39 is 104 Å². The number of hydrogen-bond donors (Lipinski definition) is 0. The van der Waals surface area contributed by atoms with Gasteiger partial charge in [-0.2, -0.15) is 26.3 Å². The zero-order valence-corrected chi connectivity index (χ0v) is 36.2. The lowest BCUT2D eigenvalue weighted by atomic mass is 9.50. The standard InChI is InChI=1S/C38H60F6O10S3/c1-24-7-25(2)13-33(5,12-24)19-52-22-36(39,40)55(46,47)32(56(48,49)37(41,42)23-53-20-34(6)14-26(3)8-27(4)15-34)57(50,51)38(43,44)31(45)54-21-35-16-28-9-29(17-35)11-30(10-28)18-35/h24-30,32H,7-23H2,1-6H3. The zero-order chi connectivity index (χ0) is 42.8. The van der Waals surface area contributed by atoms with Crippen LogP contribution in [0.25, 0.3) is 0 Å². The van der Waals surface area contributed by atoms with Crippen molar-refractivity contribution < 1.29 is 70.6 Å². The highest BCUT2D eigenvalue weighted by Gasteiger charge is 2.73. The molecule has 4 bridgehead atoms. The minimum absolute atomic E-state index is 0.119. The molecule has 0 saturated heterocycles. The fourth-order valence-corrected chi connectivity index (χ4v) is 20.3. The Balaban J connectivity index is 1.43. The summed E-state index contributed by atoms with van der Waals surface area (Å²) < 4.78 is 187. The number of carbonyl (C=O) groups is 1. The topological polar surface area (TPSA) is 147 Å². The van der Waals surface area contributed by atoms with Crippen LogP contribution in [0, 0.1) is 57.7 Å². The Morgan fingerprint density at radius 2 is 0.895 bits per heavy atom. The van der Waals surface area contributed by atoms with Crippen molar-refractivity contribution in [1.82, 2.24) is 0 Å². The van der Waals surface area contributed by atoms with Gasteiger partial charge in [0.15, 0.2) is 0 Å². The zero-order valence-electron chi connectivity index (χ0n) is 33.7. The van der Waals surface area contributed by atoms with Gasteiger partial charge < -0.3 is 14.2 Å². The summed E-state index contributed by atoms with van der Waals surface area (Å²) in [5, 5.41) is -17.4. The van der Waals surface area contributed by atoms with Gasteiger partial charge in [0, 0.05) is 5.41 Å². The number of carbonyl (C=O) groups excluding carboxylic acids is 1. The third-order valence-corrected chi connectivity index (χ3v) is 22.1. The van der Waals surface area contributed by atoms with Gasteiger partial charge >= 0.3 is 21.7 Å². The smallest absolute Gasteiger partial charge is 0.442 e. The largest absolute Gasteiger partial charge is 0.460 e. The van der Waals surface area contributed by atoms with Gasteiger partial charge in [-0.25, -0.2) is 30.0 Å². The van der Waals surface area contributed by atoms with Crippen LogP contribution in [-0.4, -0.2) is 83.9 Å². The molecular weight excluding hydrogens is 827 g/mol. The Kier molecular flexibility index (Phi) is 13.1. The summed E-state index contributed by atoms with van der Waals surface area (Å²) in [5.74, 6) is -1.83. The van der Waals surface area contributed by atoms with Crippen LogP contribution in [0.4, 0.5) is 26.3 Å². The second-order valence-corrected chi connectivity index (χ2v) is 27.3. The highest BCUT2D eigenvalue weighted by atomic mass is 32.3. The molecule has 6 saturated carbocycles. The minimum Gasteiger partial charge on any atom is -0.460 e. The molecule has 6 aliphatic rings. The fourth-order valence-electron chi connectivity index (χ4n) is 12.3. The number of hydrogen-bond acceptors (Lipinski definition) is 10. The van der Waals surface area contributed by atoms with Crippen LogP contribution in [0.15, 0.2) is 0 Å². The number of esters is 1. The van der Waals surface area contributed by atoms with Gasteiger partial charge in [-0.15, -0.1) is 0 Å². The lowest BCUT2D eigenvalue weighted by Gasteiger charge is -2.56. The maximum atomic E-state index is 15.9. The summed E-state index contributed by atoms with van der Waals surface area (Å²) in [6.07, 6.45) is 7.55. The van der Waals surface area contributed by atoms with Gasteiger partial charge in [0.1, 0.15) is 13.2 Å². The van der Waals surface area contributed by atoms with E-state index in [1.807, 2.05) is 27.7 Å². The van der Waals surface area contributed by atoms with Gasteiger partial charge in [-0.3, -0.25) is 0 Å². The van der Waals surface area contributed by atoms with Crippen molar-refractivity contribution in [3.05, 3.63) is 0 Å². The number of halogens is 6. The normalized spacial score (nSPS) is 37.2. The predicted octanol–water partition coefficient (Wildman–Crippen LogP) is 8.01. The lowest BCUT2D eigenvalue weighted by Crippen LogP contribution is -2.59. The van der Waals surface area contributed by atoms with E-state index in [0.717, 1.165) is 32.1 Å². The Morgan fingerprint density at radius 1 is 0.561 bits per heavy atom. The number of alkyl halides is 6. The van der Waals surface area contributed by atoms with Crippen molar-refractivity contribution in [2.45, 2.75) is 138 Å². The van der Waals surface area contributed by atoms with Crippen molar-refractivity contribution in [3.8, 4) is 0 Å². The van der Waals surface area contributed by atoms with Crippen molar-refractivity contribution in [2.24, 2.45) is 57.7 Å². The van der Waals surface area contributed by atoms with Crippen molar-refractivity contribution in [3.63, 3.8) is 0 Å². The van der Waals surface area contributed by atoms with E-state index in [1.165, 1.54) is 0 Å². The van der Waals surface area contributed by atoms with E-state index >= 15 is 26.3 Å². The van der Waals surface area contributed by atoms with Crippen LogP contribution in [0.3, 0.4) is 0 Å². The van der Waals surface area contributed by atoms with E-state index in [9.17, 15) is 30.0 Å². The average Bonchev–Trinajstić information content (AvgIpc) is 3.00. The lowest BCUT2D eigenvalue weighted by molar-refractivity contribution is -0.171. The van der Waals surface area contributed by atoms with Crippen LogP contribution in [0.5, 0.6) is 0 Å². The molecule has 6 aliphatic carbocycles. The van der Waals surface area contributed by atoms with E-state index in [2.05, 4.69) is 0 Å². The molecule has 0 aromatic carbocycles. The molecule has 0 aliphatic heterocycles. The number of rotatable bonds is 17. The van der Waals surface area contributed by atoms with E-state index in [1.54, 1.807) is 13.8 Å².